The summed E-state index contributed by atoms with van der Waals surface area (Å²) in [6.45, 7) is 12.9. The number of carbonyl (C=O) groups is 2. The van der Waals surface area contributed by atoms with E-state index >= 15 is 0 Å². The first kappa shape index (κ1) is 22.9. The van der Waals surface area contributed by atoms with Crippen molar-refractivity contribution in [2.75, 3.05) is 31.5 Å². The Morgan fingerprint density at radius 2 is 2.07 bits per heavy atom. The molecular weight excluding hydrogens is 364 g/mol. The van der Waals surface area contributed by atoms with Gasteiger partial charge in [-0.15, -0.1) is 0 Å². The van der Waals surface area contributed by atoms with Crippen LogP contribution in [0, 0.1) is 6.92 Å². The number of hydrogen-bond donors (Lipinski definition) is 2. The van der Waals surface area contributed by atoms with Crippen molar-refractivity contribution in [3.05, 3.63) is 42.5 Å². The number of likely N-dealkylation sites (tertiary alicyclic amines) is 1. The molecule has 1 aliphatic rings. The largest absolute Gasteiger partial charge is 0.351 e. The molecule has 0 saturated carbocycles. The van der Waals surface area contributed by atoms with Crippen molar-refractivity contribution in [2.24, 2.45) is 0 Å². The van der Waals surface area contributed by atoms with Crippen LogP contribution in [0.5, 0.6) is 0 Å². The molecule has 6 nitrogen and oxygen atoms in total. The second-order valence-electron chi connectivity index (χ2n) is 7.89. The zero-order valence-electron chi connectivity index (χ0n) is 18.1. The Morgan fingerprint density at radius 1 is 1.34 bits per heavy atom. The van der Waals surface area contributed by atoms with Crippen molar-refractivity contribution in [3.8, 4) is 0 Å². The number of carbonyl (C=O) groups excluding carboxylic acids is 2. The summed E-state index contributed by atoms with van der Waals surface area (Å²) in [6, 6.07) is 8.46. The van der Waals surface area contributed by atoms with Gasteiger partial charge in [-0.2, -0.15) is 0 Å². The number of aryl methyl sites for hydroxylation is 1. The Balaban J connectivity index is 2.01. The molecule has 2 N–H and O–H groups in total. The Labute approximate surface area is 175 Å². The average molecular weight is 401 g/mol. The van der Waals surface area contributed by atoms with E-state index in [0.717, 1.165) is 37.2 Å². The van der Waals surface area contributed by atoms with Crippen LogP contribution in [0.1, 0.15) is 45.1 Å². The van der Waals surface area contributed by atoms with Crippen molar-refractivity contribution >= 4 is 17.6 Å². The van der Waals surface area contributed by atoms with E-state index in [0.29, 0.717) is 19.1 Å². The number of benzene rings is 1. The summed E-state index contributed by atoms with van der Waals surface area (Å²) < 4.78 is 0. The van der Waals surface area contributed by atoms with E-state index in [4.69, 9.17) is 0 Å². The molecule has 1 fully saturated rings. The number of anilines is 1. The normalized spacial score (nSPS) is 16.1. The summed E-state index contributed by atoms with van der Waals surface area (Å²) in [4.78, 5) is 29.0. The monoisotopic (exact) mass is 400 g/mol. The number of nitrogens with zero attached hydrogens (tertiary/aromatic N) is 2. The fraction of sp³-hybridized carbons (Fsp3) is 0.565. The third-order valence-corrected chi connectivity index (χ3v) is 5.64. The molecule has 0 radical (unpaired) electrons. The summed E-state index contributed by atoms with van der Waals surface area (Å²) in [6.07, 6.45) is 5.55. The van der Waals surface area contributed by atoms with Gasteiger partial charge in [0.05, 0.1) is 0 Å². The number of hydrogen-bond acceptors (Lipinski definition) is 3. The number of urea groups is 1. The van der Waals surface area contributed by atoms with Crippen LogP contribution in [0.2, 0.25) is 0 Å². The van der Waals surface area contributed by atoms with Crippen LogP contribution in [-0.2, 0) is 4.79 Å². The van der Waals surface area contributed by atoms with Crippen LogP contribution in [0.25, 0.3) is 0 Å². The van der Waals surface area contributed by atoms with Gasteiger partial charge < -0.3 is 20.4 Å². The zero-order chi connectivity index (χ0) is 21.2. The van der Waals surface area contributed by atoms with E-state index in [1.54, 1.807) is 0 Å². The lowest BCUT2D eigenvalue weighted by molar-refractivity contribution is -0.116. The first-order valence-corrected chi connectivity index (χ1v) is 10.7. The Morgan fingerprint density at radius 3 is 2.69 bits per heavy atom. The molecule has 0 bridgehead atoms. The molecule has 0 aromatic heterocycles. The molecule has 1 saturated heterocycles. The highest BCUT2D eigenvalue weighted by molar-refractivity contribution is 5.90. The van der Waals surface area contributed by atoms with Crippen LogP contribution in [0.4, 0.5) is 10.5 Å². The van der Waals surface area contributed by atoms with E-state index in [-0.39, 0.29) is 18.0 Å². The first-order valence-electron chi connectivity index (χ1n) is 10.7. The molecule has 0 spiro atoms. The van der Waals surface area contributed by atoms with Gasteiger partial charge in [-0.1, -0.05) is 32.1 Å². The van der Waals surface area contributed by atoms with Gasteiger partial charge in [-0.3, -0.25) is 4.79 Å². The van der Waals surface area contributed by atoms with Crippen molar-refractivity contribution in [1.82, 2.24) is 15.1 Å². The number of piperidine rings is 1. The van der Waals surface area contributed by atoms with Gasteiger partial charge in [0.25, 0.3) is 0 Å². The molecule has 1 unspecified atom stereocenters. The van der Waals surface area contributed by atoms with Gasteiger partial charge in [-0.05, 0) is 56.9 Å². The van der Waals surface area contributed by atoms with E-state index in [1.807, 2.05) is 36.1 Å². The summed E-state index contributed by atoms with van der Waals surface area (Å²) in [5.74, 6) is -0.216. The van der Waals surface area contributed by atoms with E-state index < -0.39 is 0 Å². The standard InChI is InChI=1S/C23H36N4O2/c1-5-8-19(4)26-14-11-21(12-15-26)27(16-13-24-22(28)6-2)23(29)25-20-10-7-9-18(3)17-20/h6-7,9-10,17,19,21H,2,5,8,11-16H2,1,3-4H3,(H,24,28)(H,25,29). The molecule has 2 rings (SSSR count). The molecule has 1 aromatic carbocycles. The summed E-state index contributed by atoms with van der Waals surface area (Å²) >= 11 is 0. The lowest BCUT2D eigenvalue weighted by atomic mass is 10.0. The summed E-state index contributed by atoms with van der Waals surface area (Å²) in [7, 11) is 0. The van der Waals surface area contributed by atoms with Gasteiger partial charge >= 0.3 is 6.03 Å². The highest BCUT2D eigenvalue weighted by atomic mass is 16.2. The van der Waals surface area contributed by atoms with Crippen LogP contribution in [0.15, 0.2) is 36.9 Å². The minimum atomic E-state index is -0.216. The SMILES string of the molecule is C=CC(=O)NCCN(C(=O)Nc1cccc(C)c1)C1CCN(C(C)CCC)CC1. The van der Waals surface area contributed by atoms with Gasteiger partial charge in [-0.25, -0.2) is 4.79 Å². The second kappa shape index (κ2) is 11.6. The molecule has 1 atom stereocenters. The quantitative estimate of drug-likeness (QED) is 0.620. The molecule has 0 aliphatic carbocycles. The van der Waals surface area contributed by atoms with Crippen LogP contribution in [0.3, 0.4) is 0 Å². The van der Waals surface area contributed by atoms with Crippen molar-refractivity contribution in [2.45, 2.75) is 58.5 Å². The second-order valence-corrected chi connectivity index (χ2v) is 7.89. The molecule has 1 aromatic rings. The highest BCUT2D eigenvalue weighted by Crippen LogP contribution is 2.21. The summed E-state index contributed by atoms with van der Waals surface area (Å²) in [5, 5.41) is 5.81. The summed E-state index contributed by atoms with van der Waals surface area (Å²) in [5.41, 5.74) is 1.90. The van der Waals surface area contributed by atoms with Crippen molar-refractivity contribution in [1.29, 1.82) is 0 Å². The topological polar surface area (TPSA) is 64.7 Å². The molecular formula is C23H36N4O2. The van der Waals surface area contributed by atoms with Gasteiger partial charge in [0, 0.05) is 44.0 Å². The minimum absolute atomic E-state index is 0.108. The molecule has 160 valence electrons. The fourth-order valence-electron chi connectivity index (χ4n) is 3.98. The highest BCUT2D eigenvalue weighted by Gasteiger charge is 2.29. The van der Waals surface area contributed by atoms with E-state index in [2.05, 4.69) is 36.0 Å². The van der Waals surface area contributed by atoms with Crippen molar-refractivity contribution in [3.63, 3.8) is 0 Å². The molecule has 1 aliphatic heterocycles. The maximum absolute atomic E-state index is 13.1. The average Bonchev–Trinajstić information content (AvgIpc) is 2.71. The van der Waals surface area contributed by atoms with Crippen LogP contribution in [-0.4, -0.2) is 60.0 Å². The third-order valence-electron chi connectivity index (χ3n) is 5.64. The molecule has 6 heteroatoms. The number of rotatable bonds is 9. The van der Waals surface area contributed by atoms with Gasteiger partial charge in [0.15, 0.2) is 0 Å². The van der Waals surface area contributed by atoms with E-state index in [9.17, 15) is 9.59 Å². The lowest BCUT2D eigenvalue weighted by Gasteiger charge is -2.40. The number of amides is 3. The predicted octanol–water partition coefficient (Wildman–Crippen LogP) is 3.78. The van der Waals surface area contributed by atoms with Gasteiger partial charge in [0.1, 0.15) is 0 Å². The molecule has 3 amide bonds. The van der Waals surface area contributed by atoms with Crippen molar-refractivity contribution < 1.29 is 9.59 Å². The minimum Gasteiger partial charge on any atom is -0.351 e. The maximum Gasteiger partial charge on any atom is 0.322 e. The Kier molecular flexibility index (Phi) is 9.19. The van der Waals surface area contributed by atoms with Crippen LogP contribution >= 0.6 is 0 Å². The zero-order valence-corrected chi connectivity index (χ0v) is 18.1. The Hall–Kier alpha value is -2.34. The number of nitrogens with one attached hydrogen (secondary N) is 2. The van der Waals surface area contributed by atoms with Gasteiger partial charge in [0.2, 0.25) is 5.91 Å². The smallest absolute Gasteiger partial charge is 0.322 e. The fourth-order valence-corrected chi connectivity index (χ4v) is 3.98. The third kappa shape index (κ3) is 7.20. The Bertz CT molecular complexity index is 683. The first-order chi connectivity index (χ1) is 13.9. The molecule has 29 heavy (non-hydrogen) atoms. The van der Waals surface area contributed by atoms with E-state index in [1.165, 1.54) is 18.9 Å². The predicted molar refractivity (Wildman–Crippen MR) is 119 cm³/mol. The lowest BCUT2D eigenvalue weighted by Crippen LogP contribution is -2.52. The maximum atomic E-state index is 13.1. The van der Waals surface area contributed by atoms with Crippen LogP contribution < -0.4 is 10.6 Å². The molecule has 1 heterocycles.